The van der Waals surface area contributed by atoms with Crippen molar-refractivity contribution in [2.45, 2.75) is 36.6 Å². The maximum atomic E-state index is 12.2. The molecule has 0 spiro atoms. The van der Waals surface area contributed by atoms with Crippen LogP contribution in [0.1, 0.15) is 36.4 Å². The molecule has 0 aromatic heterocycles. The van der Waals surface area contributed by atoms with Crippen molar-refractivity contribution in [1.82, 2.24) is 10.0 Å². The van der Waals surface area contributed by atoms with Gasteiger partial charge < -0.3 is 5.32 Å². The number of aryl methyl sites for hydroxylation is 1. The predicted octanol–water partition coefficient (Wildman–Crippen LogP) is 2.55. The Kier molecular flexibility index (Phi) is 5.50. The molecule has 0 fully saturated rings. The summed E-state index contributed by atoms with van der Waals surface area (Å²) in [7, 11) is -3.57. The third-order valence-electron chi connectivity index (χ3n) is 4.40. The summed E-state index contributed by atoms with van der Waals surface area (Å²) in [5, 5.41) is 3.03. The Morgan fingerprint density at radius 2 is 1.76 bits per heavy atom. The Morgan fingerprint density at radius 1 is 1.04 bits per heavy atom. The molecule has 3 rings (SSSR count). The van der Waals surface area contributed by atoms with Crippen LogP contribution in [0.25, 0.3) is 0 Å². The van der Waals surface area contributed by atoms with Crippen molar-refractivity contribution in [1.29, 1.82) is 0 Å². The van der Waals surface area contributed by atoms with Gasteiger partial charge >= 0.3 is 0 Å². The summed E-state index contributed by atoms with van der Waals surface area (Å²) in [6, 6.07) is 16.3. The second kappa shape index (κ2) is 7.80. The van der Waals surface area contributed by atoms with Crippen LogP contribution in [0.2, 0.25) is 0 Å². The lowest BCUT2D eigenvalue weighted by Gasteiger charge is -2.26. The minimum absolute atomic E-state index is 0.0168. The van der Waals surface area contributed by atoms with Crippen LogP contribution in [0.4, 0.5) is 0 Å². The number of hydrogen-bond donors (Lipinski definition) is 2. The fourth-order valence-corrected chi connectivity index (χ4v) is 4.21. The highest BCUT2D eigenvalue weighted by Crippen LogP contribution is 2.29. The molecule has 1 amide bonds. The number of rotatable bonds is 6. The van der Waals surface area contributed by atoms with Gasteiger partial charge in [-0.2, -0.15) is 0 Å². The van der Waals surface area contributed by atoms with E-state index < -0.39 is 10.0 Å². The van der Waals surface area contributed by atoms with Crippen molar-refractivity contribution in [2.75, 3.05) is 6.54 Å². The molecule has 2 aromatic rings. The number of sulfonamides is 1. The first kappa shape index (κ1) is 17.6. The Morgan fingerprint density at radius 3 is 2.56 bits per heavy atom. The van der Waals surface area contributed by atoms with Gasteiger partial charge in [0.25, 0.3) is 0 Å². The standard InChI is InChI=1S/C19H22N2O3S/c22-19(13-14-20-25(23,24)16-9-2-1-3-10-16)21-18-12-6-8-15-7-4-5-11-17(15)18/h1-5,7,9-11,18,20H,6,8,12-14H2,(H,21,22)/t18-/m1/s1. The van der Waals surface area contributed by atoms with Gasteiger partial charge in [-0.3, -0.25) is 4.79 Å². The second-order valence-corrected chi connectivity index (χ2v) is 7.94. The zero-order chi connectivity index (χ0) is 17.7. The van der Waals surface area contributed by atoms with E-state index in [2.05, 4.69) is 22.2 Å². The van der Waals surface area contributed by atoms with Gasteiger partial charge in [-0.15, -0.1) is 0 Å². The molecule has 132 valence electrons. The third kappa shape index (κ3) is 4.46. The molecule has 25 heavy (non-hydrogen) atoms. The Hall–Kier alpha value is -2.18. The van der Waals surface area contributed by atoms with Gasteiger partial charge in [0, 0.05) is 13.0 Å². The summed E-state index contributed by atoms with van der Waals surface area (Å²) >= 11 is 0. The lowest BCUT2D eigenvalue weighted by atomic mass is 9.88. The molecule has 0 heterocycles. The summed E-state index contributed by atoms with van der Waals surface area (Å²) in [5.74, 6) is -0.141. The van der Waals surface area contributed by atoms with Crippen molar-refractivity contribution >= 4 is 15.9 Å². The monoisotopic (exact) mass is 358 g/mol. The van der Waals surface area contributed by atoms with Crippen LogP contribution >= 0.6 is 0 Å². The van der Waals surface area contributed by atoms with E-state index in [0.29, 0.717) is 0 Å². The average Bonchev–Trinajstić information content (AvgIpc) is 2.63. The zero-order valence-corrected chi connectivity index (χ0v) is 14.8. The third-order valence-corrected chi connectivity index (χ3v) is 5.88. The van der Waals surface area contributed by atoms with Gasteiger partial charge in [-0.25, -0.2) is 13.1 Å². The van der Waals surface area contributed by atoms with Crippen LogP contribution in [-0.2, 0) is 21.2 Å². The molecule has 0 unspecified atom stereocenters. The second-order valence-electron chi connectivity index (χ2n) is 6.17. The quantitative estimate of drug-likeness (QED) is 0.833. The summed E-state index contributed by atoms with van der Waals surface area (Å²) in [4.78, 5) is 12.4. The van der Waals surface area contributed by atoms with E-state index in [9.17, 15) is 13.2 Å². The normalized spacial score (nSPS) is 16.9. The van der Waals surface area contributed by atoms with Crippen molar-refractivity contribution in [3.8, 4) is 0 Å². The van der Waals surface area contributed by atoms with E-state index in [1.54, 1.807) is 18.2 Å². The number of carbonyl (C=O) groups is 1. The maximum absolute atomic E-state index is 12.2. The summed E-state index contributed by atoms with van der Waals surface area (Å²) in [6.07, 6.45) is 3.12. The minimum Gasteiger partial charge on any atom is -0.349 e. The highest BCUT2D eigenvalue weighted by Gasteiger charge is 2.21. The van der Waals surface area contributed by atoms with Crippen LogP contribution in [-0.4, -0.2) is 20.9 Å². The van der Waals surface area contributed by atoms with E-state index in [0.717, 1.165) is 19.3 Å². The molecule has 0 saturated carbocycles. The van der Waals surface area contributed by atoms with Crippen molar-refractivity contribution in [3.05, 3.63) is 65.7 Å². The van der Waals surface area contributed by atoms with Gasteiger partial charge in [0.15, 0.2) is 0 Å². The smallest absolute Gasteiger partial charge is 0.240 e. The largest absolute Gasteiger partial charge is 0.349 e. The van der Waals surface area contributed by atoms with Gasteiger partial charge in [0.2, 0.25) is 15.9 Å². The SMILES string of the molecule is O=C(CCNS(=O)(=O)c1ccccc1)N[C@@H]1CCCc2ccccc21. The predicted molar refractivity (Wildman–Crippen MR) is 96.5 cm³/mol. The van der Waals surface area contributed by atoms with E-state index in [1.807, 2.05) is 12.1 Å². The van der Waals surface area contributed by atoms with Crippen LogP contribution in [0.15, 0.2) is 59.5 Å². The van der Waals surface area contributed by atoms with Crippen LogP contribution in [0, 0.1) is 0 Å². The lowest BCUT2D eigenvalue weighted by molar-refractivity contribution is -0.121. The minimum atomic E-state index is -3.57. The van der Waals surface area contributed by atoms with Gasteiger partial charge in [-0.1, -0.05) is 42.5 Å². The fourth-order valence-electron chi connectivity index (χ4n) is 3.15. The molecule has 1 aliphatic carbocycles. The highest BCUT2D eigenvalue weighted by molar-refractivity contribution is 7.89. The Bertz CT molecular complexity index is 835. The molecule has 0 bridgehead atoms. The Balaban J connectivity index is 1.53. The van der Waals surface area contributed by atoms with Crippen LogP contribution in [0.5, 0.6) is 0 Å². The number of fused-ring (bicyclic) bond motifs is 1. The molecule has 0 aliphatic heterocycles. The molecular formula is C19H22N2O3S. The van der Waals surface area contributed by atoms with Crippen LogP contribution < -0.4 is 10.0 Å². The zero-order valence-electron chi connectivity index (χ0n) is 13.9. The van der Waals surface area contributed by atoms with Gasteiger partial charge in [0.1, 0.15) is 0 Å². The van der Waals surface area contributed by atoms with Gasteiger partial charge in [-0.05, 0) is 42.5 Å². The van der Waals surface area contributed by atoms with Gasteiger partial charge in [0.05, 0.1) is 10.9 Å². The van der Waals surface area contributed by atoms with Crippen molar-refractivity contribution < 1.29 is 13.2 Å². The first-order chi connectivity index (χ1) is 12.1. The Labute approximate surface area is 148 Å². The number of nitrogens with one attached hydrogen (secondary N) is 2. The summed E-state index contributed by atoms with van der Waals surface area (Å²) in [6.45, 7) is 0.0808. The molecule has 0 saturated heterocycles. The first-order valence-electron chi connectivity index (χ1n) is 8.48. The van der Waals surface area contributed by atoms with E-state index >= 15 is 0 Å². The number of hydrogen-bond acceptors (Lipinski definition) is 3. The maximum Gasteiger partial charge on any atom is 0.240 e. The molecule has 2 aromatic carbocycles. The number of amides is 1. The fraction of sp³-hybridized carbons (Fsp3) is 0.316. The van der Waals surface area contributed by atoms with Crippen molar-refractivity contribution in [2.24, 2.45) is 0 Å². The highest BCUT2D eigenvalue weighted by atomic mass is 32.2. The van der Waals surface area contributed by atoms with E-state index in [4.69, 9.17) is 0 Å². The molecule has 1 aliphatic rings. The molecule has 2 N–H and O–H groups in total. The average molecular weight is 358 g/mol. The molecular weight excluding hydrogens is 336 g/mol. The first-order valence-corrected chi connectivity index (χ1v) is 9.96. The topological polar surface area (TPSA) is 75.3 Å². The molecule has 5 nitrogen and oxygen atoms in total. The summed E-state index contributed by atoms with van der Waals surface area (Å²) < 4.78 is 26.7. The molecule has 0 radical (unpaired) electrons. The van der Waals surface area contributed by atoms with E-state index in [-0.39, 0.29) is 29.8 Å². The number of benzene rings is 2. The van der Waals surface area contributed by atoms with Crippen LogP contribution in [0.3, 0.4) is 0 Å². The molecule has 6 heteroatoms. The summed E-state index contributed by atoms with van der Waals surface area (Å²) in [5.41, 5.74) is 2.45. The number of carbonyl (C=O) groups excluding carboxylic acids is 1. The van der Waals surface area contributed by atoms with Crippen molar-refractivity contribution in [3.63, 3.8) is 0 Å². The molecule has 1 atom stereocenters. The van der Waals surface area contributed by atoms with E-state index in [1.165, 1.54) is 23.3 Å². The lowest BCUT2D eigenvalue weighted by Crippen LogP contribution is -2.34.